The lowest BCUT2D eigenvalue weighted by Crippen LogP contribution is -1.95. The molecule has 0 N–H and O–H groups in total. The number of nitrogens with zero attached hydrogens (tertiary/aromatic N) is 3. The minimum absolute atomic E-state index is 1.05. The smallest absolute Gasteiger partial charge is 0.0813 e. The fourth-order valence-corrected chi connectivity index (χ4v) is 7.06. The Morgan fingerprint density at radius 2 is 1.23 bits per heavy atom. The minimum Gasteiger partial charge on any atom is -0.309 e. The lowest BCUT2D eigenvalue weighted by atomic mass is 10.0. The van der Waals surface area contributed by atoms with Crippen molar-refractivity contribution in [2.75, 3.05) is 0 Å². The number of thiazole rings is 1. The lowest BCUT2D eigenvalue weighted by molar-refractivity contribution is 1.18. The highest BCUT2D eigenvalue weighted by atomic mass is 32.1. The monoisotopic (exact) mass is 515 g/mol. The molecule has 3 heterocycles. The normalized spacial score (nSPS) is 12.1. The molecule has 0 atom stereocenters. The van der Waals surface area contributed by atoms with Crippen molar-refractivity contribution in [3.05, 3.63) is 127 Å². The van der Waals surface area contributed by atoms with E-state index < -0.39 is 0 Å². The van der Waals surface area contributed by atoms with Gasteiger partial charge in [0.25, 0.3) is 0 Å². The predicted octanol–water partition coefficient (Wildman–Crippen LogP) is 9.64. The maximum absolute atomic E-state index is 4.49. The summed E-state index contributed by atoms with van der Waals surface area (Å²) < 4.78 is 6.03. The molecule has 0 saturated carbocycles. The van der Waals surface area contributed by atoms with Crippen molar-refractivity contribution in [1.29, 1.82) is 0 Å². The van der Waals surface area contributed by atoms with E-state index in [0.29, 0.717) is 0 Å². The molecule has 0 unspecified atom stereocenters. The fraction of sp³-hybridized carbons (Fsp3) is 0. The highest BCUT2D eigenvalue weighted by Gasteiger charge is 2.18. The molecular weight excluding hydrogens is 494 g/mol. The average molecular weight is 516 g/mol. The van der Waals surface area contributed by atoms with Gasteiger partial charge < -0.3 is 9.13 Å². The summed E-state index contributed by atoms with van der Waals surface area (Å²) in [6.45, 7) is 0. The molecule has 3 aromatic heterocycles. The van der Waals surface area contributed by atoms with E-state index in [0.717, 1.165) is 11.2 Å². The maximum atomic E-state index is 4.49. The van der Waals surface area contributed by atoms with Gasteiger partial charge in [0.15, 0.2) is 0 Å². The van der Waals surface area contributed by atoms with Crippen LogP contribution < -0.4 is 0 Å². The highest BCUT2D eigenvalue weighted by Crippen LogP contribution is 2.41. The predicted molar refractivity (Wildman–Crippen MR) is 166 cm³/mol. The first-order valence-electron chi connectivity index (χ1n) is 13.1. The molecule has 0 saturated heterocycles. The third-order valence-corrected chi connectivity index (χ3v) is 8.82. The van der Waals surface area contributed by atoms with Crippen LogP contribution in [0, 0.1) is 0 Å². The molecule has 4 heteroatoms. The Hall–Kier alpha value is -4.93. The van der Waals surface area contributed by atoms with E-state index in [2.05, 4.69) is 135 Å². The van der Waals surface area contributed by atoms with Gasteiger partial charge in [-0.25, -0.2) is 4.98 Å². The number of benzene rings is 6. The largest absolute Gasteiger partial charge is 0.309 e. The molecule has 0 amide bonds. The summed E-state index contributed by atoms with van der Waals surface area (Å²) in [5, 5.41) is 7.58. The van der Waals surface area contributed by atoms with Crippen molar-refractivity contribution < 1.29 is 0 Å². The number of para-hydroxylation sites is 3. The zero-order chi connectivity index (χ0) is 25.5. The Bertz CT molecular complexity index is 2390. The minimum atomic E-state index is 1.05. The van der Waals surface area contributed by atoms with Gasteiger partial charge in [-0.05, 0) is 60.0 Å². The van der Waals surface area contributed by atoms with Crippen molar-refractivity contribution in [3.63, 3.8) is 0 Å². The van der Waals surface area contributed by atoms with Gasteiger partial charge in [0.1, 0.15) is 0 Å². The molecule has 182 valence electrons. The van der Waals surface area contributed by atoms with E-state index in [1.54, 1.807) is 11.3 Å². The molecule has 0 spiro atoms. The molecule has 0 aliphatic carbocycles. The molecule has 39 heavy (non-hydrogen) atoms. The van der Waals surface area contributed by atoms with Crippen molar-refractivity contribution in [2.45, 2.75) is 0 Å². The standard InChI is InChI=1S/C35H21N3S/c1-2-8-23(9-3-1)38-32-13-7-4-10-25(32)27-16-14-22-18-33-29(20-28(22)35(27)38)26-11-5-6-12-31(26)37(33)24-15-17-30-34(19-24)39-21-36-30/h1-21H. The summed E-state index contributed by atoms with van der Waals surface area (Å²) >= 11 is 1.69. The van der Waals surface area contributed by atoms with E-state index in [1.807, 2.05) is 5.51 Å². The Balaban J connectivity index is 1.46. The third kappa shape index (κ3) is 2.89. The summed E-state index contributed by atoms with van der Waals surface area (Å²) in [5.74, 6) is 0. The number of hydrogen-bond acceptors (Lipinski definition) is 2. The summed E-state index contributed by atoms with van der Waals surface area (Å²) in [7, 11) is 0. The van der Waals surface area contributed by atoms with Gasteiger partial charge in [-0.1, -0.05) is 66.7 Å². The lowest BCUT2D eigenvalue weighted by Gasteiger charge is -2.11. The summed E-state index contributed by atoms with van der Waals surface area (Å²) in [6, 6.07) is 44.2. The van der Waals surface area contributed by atoms with Crippen LogP contribution in [0.25, 0.3) is 76.0 Å². The van der Waals surface area contributed by atoms with Crippen molar-refractivity contribution in [3.8, 4) is 11.4 Å². The summed E-state index contributed by atoms with van der Waals surface area (Å²) in [4.78, 5) is 4.49. The van der Waals surface area contributed by atoms with Crippen molar-refractivity contribution >= 4 is 75.9 Å². The number of aromatic nitrogens is 3. The van der Waals surface area contributed by atoms with Crippen LogP contribution in [0.4, 0.5) is 0 Å². The molecule has 0 radical (unpaired) electrons. The second kappa shape index (κ2) is 7.79. The van der Waals surface area contributed by atoms with Crippen LogP contribution >= 0.6 is 11.3 Å². The van der Waals surface area contributed by atoms with Crippen LogP contribution in [-0.2, 0) is 0 Å². The van der Waals surface area contributed by atoms with Gasteiger partial charge in [-0.2, -0.15) is 0 Å². The molecule has 3 nitrogen and oxygen atoms in total. The second-order valence-corrected chi connectivity index (χ2v) is 11.0. The van der Waals surface area contributed by atoms with E-state index in [1.165, 1.54) is 64.8 Å². The Labute approximate surface area is 227 Å². The number of hydrogen-bond donors (Lipinski definition) is 0. The SMILES string of the molecule is c1ccc(-n2c3ccccc3c3ccc4cc5c(cc4c32)c2ccccc2n5-c2ccc3ncsc3c2)cc1. The molecule has 9 aromatic rings. The van der Waals surface area contributed by atoms with Crippen molar-refractivity contribution in [2.24, 2.45) is 0 Å². The molecule has 6 aromatic carbocycles. The van der Waals surface area contributed by atoms with E-state index in [9.17, 15) is 0 Å². The maximum Gasteiger partial charge on any atom is 0.0813 e. The molecular formula is C35H21N3S. The van der Waals surface area contributed by atoms with E-state index in [-0.39, 0.29) is 0 Å². The quantitative estimate of drug-likeness (QED) is 0.225. The summed E-state index contributed by atoms with van der Waals surface area (Å²) in [6.07, 6.45) is 0. The van der Waals surface area contributed by atoms with Gasteiger partial charge in [0.2, 0.25) is 0 Å². The molecule has 0 bridgehead atoms. The zero-order valence-electron chi connectivity index (χ0n) is 20.9. The third-order valence-electron chi connectivity index (χ3n) is 8.03. The summed E-state index contributed by atoms with van der Waals surface area (Å²) in [5.41, 5.74) is 10.2. The Kier molecular flexibility index (Phi) is 4.21. The Morgan fingerprint density at radius 1 is 0.487 bits per heavy atom. The zero-order valence-corrected chi connectivity index (χ0v) is 21.7. The van der Waals surface area contributed by atoms with Crippen LogP contribution in [-0.4, -0.2) is 14.1 Å². The highest BCUT2D eigenvalue weighted by molar-refractivity contribution is 7.16. The van der Waals surface area contributed by atoms with Crippen LogP contribution in [0.1, 0.15) is 0 Å². The van der Waals surface area contributed by atoms with Crippen molar-refractivity contribution in [1.82, 2.24) is 14.1 Å². The van der Waals surface area contributed by atoms with Gasteiger partial charge in [0.05, 0.1) is 37.8 Å². The second-order valence-electron chi connectivity index (χ2n) is 10.1. The number of rotatable bonds is 2. The number of fused-ring (bicyclic) bond motifs is 9. The van der Waals surface area contributed by atoms with Crippen LogP contribution in [0.5, 0.6) is 0 Å². The van der Waals surface area contributed by atoms with E-state index in [4.69, 9.17) is 0 Å². The topological polar surface area (TPSA) is 22.8 Å². The van der Waals surface area contributed by atoms with Gasteiger partial charge in [0, 0.05) is 38.3 Å². The first-order chi connectivity index (χ1) is 19.3. The van der Waals surface area contributed by atoms with Gasteiger partial charge in [-0.3, -0.25) is 0 Å². The van der Waals surface area contributed by atoms with Crippen LogP contribution in [0.2, 0.25) is 0 Å². The molecule has 0 fully saturated rings. The Morgan fingerprint density at radius 3 is 2.08 bits per heavy atom. The van der Waals surface area contributed by atoms with Crippen LogP contribution in [0.3, 0.4) is 0 Å². The van der Waals surface area contributed by atoms with Crippen LogP contribution in [0.15, 0.2) is 127 Å². The first kappa shape index (κ1) is 21.1. The van der Waals surface area contributed by atoms with E-state index >= 15 is 0 Å². The first-order valence-corrected chi connectivity index (χ1v) is 14.0. The molecule has 0 aliphatic heterocycles. The molecule has 0 aliphatic rings. The van der Waals surface area contributed by atoms with Gasteiger partial charge in [-0.15, -0.1) is 11.3 Å². The van der Waals surface area contributed by atoms with Gasteiger partial charge >= 0.3 is 0 Å². The molecule has 9 rings (SSSR count). The average Bonchev–Trinajstić information content (AvgIpc) is 3.68. The fourth-order valence-electron chi connectivity index (χ4n) is 6.35.